The van der Waals surface area contributed by atoms with Crippen molar-refractivity contribution in [3.63, 3.8) is 0 Å². The van der Waals surface area contributed by atoms with Crippen LogP contribution in [0.15, 0.2) is 42.5 Å². The molecule has 2 rings (SSSR count). The maximum absolute atomic E-state index is 12.0. The number of hydrogen-bond acceptors (Lipinski definition) is 5. The smallest absolute Gasteiger partial charge is 0.269 e. The number of carbonyl (C=O) groups excluding carboxylic acids is 2. The highest BCUT2D eigenvalue weighted by Crippen LogP contribution is 2.27. The van der Waals surface area contributed by atoms with Gasteiger partial charge in [-0.05, 0) is 54.7 Å². The quantitative estimate of drug-likeness (QED) is 0.502. The van der Waals surface area contributed by atoms with E-state index in [9.17, 15) is 9.59 Å². The lowest BCUT2D eigenvalue weighted by Gasteiger charge is -2.12. The first kappa shape index (κ1) is 20.8. The summed E-state index contributed by atoms with van der Waals surface area (Å²) in [5.74, 6) is -0.0263. The molecular formula is C17H15Cl2N3O4S. The van der Waals surface area contributed by atoms with Crippen LogP contribution in [-0.2, 0) is 4.79 Å². The number of thiocarbonyl (C=S) groups is 1. The Balaban J connectivity index is 1.75. The second-order valence-electron chi connectivity index (χ2n) is 5.05. The summed E-state index contributed by atoms with van der Waals surface area (Å²) in [5, 5.41) is 3.00. The van der Waals surface area contributed by atoms with Crippen molar-refractivity contribution in [3.8, 4) is 11.5 Å². The molecule has 27 heavy (non-hydrogen) atoms. The standard InChI is InChI=1S/C17H15Cl2N3O4S/c1-25-12-5-2-10(3-6-12)16(24)21-22-17(27)20-15(23)9-26-14-7-4-11(18)8-13(14)19/h2-8H,9H2,1H3,(H,21,24)(H2,20,22,23,27). The van der Waals surface area contributed by atoms with Gasteiger partial charge in [0, 0.05) is 10.6 Å². The second-order valence-corrected chi connectivity index (χ2v) is 6.30. The Morgan fingerprint density at radius 3 is 2.41 bits per heavy atom. The molecule has 3 N–H and O–H groups in total. The van der Waals surface area contributed by atoms with Gasteiger partial charge in [-0.1, -0.05) is 23.2 Å². The van der Waals surface area contributed by atoms with E-state index in [1.54, 1.807) is 36.4 Å². The maximum atomic E-state index is 12.0. The van der Waals surface area contributed by atoms with Crippen LogP contribution >= 0.6 is 35.4 Å². The molecule has 0 saturated heterocycles. The van der Waals surface area contributed by atoms with Crippen molar-refractivity contribution in [2.75, 3.05) is 13.7 Å². The van der Waals surface area contributed by atoms with E-state index < -0.39 is 11.8 Å². The minimum atomic E-state index is -0.530. The van der Waals surface area contributed by atoms with Gasteiger partial charge in [-0.15, -0.1) is 0 Å². The summed E-state index contributed by atoms with van der Waals surface area (Å²) in [6.45, 7) is -0.324. The van der Waals surface area contributed by atoms with E-state index in [0.717, 1.165) is 0 Å². The molecule has 0 fully saturated rings. The second kappa shape index (κ2) is 9.96. The fourth-order valence-corrected chi connectivity index (χ4v) is 2.49. The molecule has 2 amide bonds. The summed E-state index contributed by atoms with van der Waals surface area (Å²) in [4.78, 5) is 23.8. The summed E-state index contributed by atoms with van der Waals surface area (Å²) in [6.07, 6.45) is 0. The SMILES string of the molecule is COc1ccc(C(=O)NNC(=S)NC(=O)COc2ccc(Cl)cc2Cl)cc1. The predicted octanol–water partition coefficient (Wildman–Crippen LogP) is 2.72. The molecule has 0 saturated carbocycles. The summed E-state index contributed by atoms with van der Waals surface area (Å²) >= 11 is 16.7. The van der Waals surface area contributed by atoms with Crippen molar-refractivity contribution in [1.82, 2.24) is 16.2 Å². The zero-order valence-electron chi connectivity index (χ0n) is 14.0. The number of halogens is 2. The van der Waals surface area contributed by atoms with Crippen molar-refractivity contribution < 1.29 is 19.1 Å². The lowest BCUT2D eigenvalue weighted by atomic mass is 10.2. The van der Waals surface area contributed by atoms with E-state index in [0.29, 0.717) is 22.1 Å². The fourth-order valence-electron chi connectivity index (χ4n) is 1.86. The van der Waals surface area contributed by atoms with E-state index in [-0.39, 0.29) is 16.7 Å². The Hall–Kier alpha value is -2.55. The molecule has 0 aliphatic carbocycles. The lowest BCUT2D eigenvalue weighted by molar-refractivity contribution is -0.121. The van der Waals surface area contributed by atoms with Crippen molar-refractivity contribution in [2.45, 2.75) is 0 Å². The van der Waals surface area contributed by atoms with Gasteiger partial charge < -0.3 is 9.47 Å². The Morgan fingerprint density at radius 1 is 1.07 bits per heavy atom. The van der Waals surface area contributed by atoms with E-state index in [4.69, 9.17) is 44.9 Å². The fraction of sp³-hybridized carbons (Fsp3) is 0.118. The van der Waals surface area contributed by atoms with Crippen LogP contribution in [-0.4, -0.2) is 30.6 Å². The molecule has 0 aliphatic heterocycles. The number of ether oxygens (including phenoxy) is 2. The number of hydrogen-bond donors (Lipinski definition) is 3. The normalized spacial score (nSPS) is 9.89. The average molecular weight is 428 g/mol. The van der Waals surface area contributed by atoms with Crippen LogP contribution in [0.25, 0.3) is 0 Å². The molecule has 0 unspecified atom stereocenters. The van der Waals surface area contributed by atoms with Crippen LogP contribution in [0.3, 0.4) is 0 Å². The molecule has 2 aromatic carbocycles. The summed E-state index contributed by atoms with van der Waals surface area (Å²) in [6, 6.07) is 11.1. The molecule has 0 atom stereocenters. The van der Waals surface area contributed by atoms with Gasteiger partial charge in [-0.3, -0.25) is 25.8 Å². The number of amides is 2. The van der Waals surface area contributed by atoms with Gasteiger partial charge >= 0.3 is 0 Å². The topological polar surface area (TPSA) is 88.7 Å². The average Bonchev–Trinajstić information content (AvgIpc) is 2.65. The van der Waals surface area contributed by atoms with E-state index in [1.165, 1.54) is 13.2 Å². The van der Waals surface area contributed by atoms with Crippen molar-refractivity contribution in [1.29, 1.82) is 0 Å². The zero-order valence-corrected chi connectivity index (χ0v) is 16.4. The molecule has 2 aromatic rings. The third kappa shape index (κ3) is 6.59. The predicted molar refractivity (Wildman–Crippen MR) is 106 cm³/mol. The number of hydrazine groups is 1. The number of methoxy groups -OCH3 is 1. The Kier molecular flexibility index (Phi) is 7.66. The molecule has 0 heterocycles. The molecule has 10 heteroatoms. The van der Waals surface area contributed by atoms with Crippen LogP contribution in [0.1, 0.15) is 10.4 Å². The number of nitrogens with one attached hydrogen (secondary N) is 3. The van der Waals surface area contributed by atoms with E-state index in [2.05, 4.69) is 16.2 Å². The number of rotatable bonds is 5. The van der Waals surface area contributed by atoms with Crippen molar-refractivity contribution in [3.05, 3.63) is 58.1 Å². The van der Waals surface area contributed by atoms with Crippen LogP contribution in [0, 0.1) is 0 Å². The van der Waals surface area contributed by atoms with Gasteiger partial charge in [0.25, 0.3) is 11.8 Å². The Labute approximate surface area is 170 Å². The largest absolute Gasteiger partial charge is 0.497 e. The molecule has 0 aliphatic rings. The summed E-state index contributed by atoms with van der Waals surface area (Å²) in [5.41, 5.74) is 5.18. The summed E-state index contributed by atoms with van der Waals surface area (Å²) in [7, 11) is 1.53. The Bertz CT molecular complexity index is 847. The Morgan fingerprint density at radius 2 is 1.78 bits per heavy atom. The van der Waals surface area contributed by atoms with Gasteiger partial charge in [0.1, 0.15) is 11.5 Å². The first-order valence-electron chi connectivity index (χ1n) is 7.51. The molecule has 0 spiro atoms. The number of carbonyl (C=O) groups is 2. The van der Waals surface area contributed by atoms with Crippen LogP contribution in [0.2, 0.25) is 10.0 Å². The highest BCUT2D eigenvalue weighted by atomic mass is 35.5. The van der Waals surface area contributed by atoms with Crippen molar-refractivity contribution in [2.24, 2.45) is 0 Å². The van der Waals surface area contributed by atoms with Crippen LogP contribution < -0.4 is 25.6 Å². The molecular weight excluding hydrogens is 413 g/mol. The monoisotopic (exact) mass is 427 g/mol. The lowest BCUT2D eigenvalue weighted by Crippen LogP contribution is -2.49. The highest BCUT2D eigenvalue weighted by Gasteiger charge is 2.10. The van der Waals surface area contributed by atoms with Gasteiger partial charge in [0.2, 0.25) is 0 Å². The van der Waals surface area contributed by atoms with E-state index in [1.807, 2.05) is 0 Å². The molecule has 0 aromatic heterocycles. The van der Waals surface area contributed by atoms with Gasteiger partial charge in [-0.25, -0.2) is 0 Å². The van der Waals surface area contributed by atoms with Crippen molar-refractivity contribution >= 4 is 52.3 Å². The first-order chi connectivity index (χ1) is 12.9. The van der Waals surface area contributed by atoms with E-state index >= 15 is 0 Å². The maximum Gasteiger partial charge on any atom is 0.269 e. The first-order valence-corrected chi connectivity index (χ1v) is 8.67. The third-order valence-electron chi connectivity index (χ3n) is 3.15. The summed E-state index contributed by atoms with van der Waals surface area (Å²) < 4.78 is 10.3. The third-order valence-corrected chi connectivity index (χ3v) is 3.88. The molecule has 0 radical (unpaired) electrons. The molecule has 142 valence electrons. The number of benzene rings is 2. The highest BCUT2D eigenvalue weighted by molar-refractivity contribution is 7.80. The molecule has 7 nitrogen and oxygen atoms in total. The minimum Gasteiger partial charge on any atom is -0.497 e. The minimum absolute atomic E-state index is 0.0901. The molecule has 0 bridgehead atoms. The van der Waals surface area contributed by atoms with Crippen LogP contribution in [0.4, 0.5) is 0 Å². The van der Waals surface area contributed by atoms with Crippen LogP contribution in [0.5, 0.6) is 11.5 Å². The van der Waals surface area contributed by atoms with Gasteiger partial charge in [0.05, 0.1) is 12.1 Å². The zero-order chi connectivity index (χ0) is 19.8. The van der Waals surface area contributed by atoms with Gasteiger partial charge in [-0.2, -0.15) is 0 Å². The van der Waals surface area contributed by atoms with Gasteiger partial charge in [0.15, 0.2) is 11.7 Å².